The molecule has 9 heavy (non-hydrogen) atoms. The third-order valence-electron chi connectivity index (χ3n) is 2.22. The largest absolute Gasteiger partial charge is 0.254 e. The summed E-state index contributed by atoms with van der Waals surface area (Å²) >= 11 is 0. The minimum atomic E-state index is -0.849. The summed E-state index contributed by atoms with van der Waals surface area (Å²) in [6.45, 7) is 6.30. The summed E-state index contributed by atoms with van der Waals surface area (Å²) in [5.74, 6) is 0.296. The van der Waals surface area contributed by atoms with Crippen LogP contribution in [0.5, 0.6) is 0 Å². The molecule has 0 amide bonds. The SMILES string of the molecule is BC1(F)CC1C(C)(C)C. The molecule has 0 radical (unpaired) electrons. The first-order valence-electron chi connectivity index (χ1n) is 3.53. The molecule has 2 atom stereocenters. The van der Waals surface area contributed by atoms with Gasteiger partial charge in [0.2, 0.25) is 0 Å². The van der Waals surface area contributed by atoms with E-state index in [-0.39, 0.29) is 5.41 Å². The van der Waals surface area contributed by atoms with Gasteiger partial charge in [0.05, 0.1) is 5.57 Å². The minimum Gasteiger partial charge on any atom is -0.254 e. The first-order chi connectivity index (χ1) is 3.84. The Morgan fingerprint density at radius 1 is 1.56 bits per heavy atom. The Morgan fingerprint density at radius 2 is 1.89 bits per heavy atom. The maximum Gasteiger partial charge on any atom is 0.150 e. The standard InChI is InChI=1S/C7H14BF/c1-6(2,3)5-4-7(5,8)9/h5H,4,8H2,1-3H3. The maximum absolute atomic E-state index is 13.0. The molecule has 0 spiro atoms. The third kappa shape index (κ3) is 1.28. The van der Waals surface area contributed by atoms with Gasteiger partial charge >= 0.3 is 0 Å². The molecule has 52 valence electrons. The first-order valence-corrected chi connectivity index (χ1v) is 3.53. The van der Waals surface area contributed by atoms with Crippen molar-refractivity contribution >= 4 is 7.85 Å². The Labute approximate surface area is 57.2 Å². The van der Waals surface area contributed by atoms with Crippen molar-refractivity contribution < 1.29 is 4.39 Å². The topological polar surface area (TPSA) is 0 Å². The van der Waals surface area contributed by atoms with Crippen LogP contribution in [0.2, 0.25) is 0 Å². The molecule has 0 aromatic carbocycles. The molecule has 1 rings (SSSR count). The van der Waals surface area contributed by atoms with Crippen molar-refractivity contribution in [3.8, 4) is 0 Å². The Morgan fingerprint density at radius 3 is 1.89 bits per heavy atom. The summed E-state index contributed by atoms with van der Waals surface area (Å²) in [5, 5.41) is 0. The van der Waals surface area contributed by atoms with Crippen molar-refractivity contribution in [1.82, 2.24) is 0 Å². The molecule has 0 aromatic heterocycles. The molecule has 2 heteroatoms. The van der Waals surface area contributed by atoms with Gasteiger partial charge in [0.25, 0.3) is 0 Å². The van der Waals surface area contributed by atoms with Crippen LogP contribution in [0, 0.1) is 11.3 Å². The van der Waals surface area contributed by atoms with Gasteiger partial charge in [-0.2, -0.15) is 0 Å². The van der Waals surface area contributed by atoms with Crippen molar-refractivity contribution in [2.75, 3.05) is 0 Å². The van der Waals surface area contributed by atoms with E-state index >= 15 is 0 Å². The van der Waals surface area contributed by atoms with Crippen LogP contribution in [-0.2, 0) is 0 Å². The van der Waals surface area contributed by atoms with E-state index in [9.17, 15) is 4.39 Å². The van der Waals surface area contributed by atoms with Crippen molar-refractivity contribution in [3.63, 3.8) is 0 Å². The van der Waals surface area contributed by atoms with Crippen LogP contribution in [0.1, 0.15) is 27.2 Å². The van der Waals surface area contributed by atoms with E-state index in [1.165, 1.54) is 0 Å². The summed E-state index contributed by atoms with van der Waals surface area (Å²) in [4.78, 5) is 0. The van der Waals surface area contributed by atoms with Gasteiger partial charge in [0.15, 0.2) is 7.85 Å². The molecule has 0 N–H and O–H groups in total. The van der Waals surface area contributed by atoms with Crippen molar-refractivity contribution in [1.29, 1.82) is 0 Å². The highest BCUT2D eigenvalue weighted by atomic mass is 19.1. The van der Waals surface area contributed by atoms with Crippen LogP contribution < -0.4 is 0 Å². The van der Waals surface area contributed by atoms with Gasteiger partial charge in [-0.3, -0.25) is 4.39 Å². The van der Waals surface area contributed by atoms with Gasteiger partial charge in [0, 0.05) is 0 Å². The van der Waals surface area contributed by atoms with E-state index in [0.717, 1.165) is 6.42 Å². The van der Waals surface area contributed by atoms with Gasteiger partial charge in [-0.1, -0.05) is 20.8 Å². The minimum absolute atomic E-state index is 0.170. The number of hydrogen-bond donors (Lipinski definition) is 0. The summed E-state index contributed by atoms with van der Waals surface area (Å²) in [5.41, 5.74) is -0.679. The second kappa shape index (κ2) is 1.53. The Balaban J connectivity index is 2.52. The molecule has 0 aliphatic heterocycles. The van der Waals surface area contributed by atoms with E-state index in [0.29, 0.717) is 5.92 Å². The predicted octanol–water partition coefficient (Wildman–Crippen LogP) is 1.35. The average molecular weight is 128 g/mol. The predicted molar refractivity (Wildman–Crippen MR) is 39.9 cm³/mol. The zero-order valence-electron chi connectivity index (χ0n) is 6.66. The molecule has 0 saturated heterocycles. The van der Waals surface area contributed by atoms with Gasteiger partial charge in [-0.15, -0.1) is 0 Å². The molecule has 1 aliphatic carbocycles. The van der Waals surface area contributed by atoms with E-state index in [1.807, 2.05) is 0 Å². The van der Waals surface area contributed by atoms with Crippen molar-refractivity contribution in [2.24, 2.45) is 11.3 Å². The highest BCUT2D eigenvalue weighted by Crippen LogP contribution is 2.54. The van der Waals surface area contributed by atoms with E-state index < -0.39 is 5.57 Å². The highest BCUT2D eigenvalue weighted by Gasteiger charge is 2.55. The van der Waals surface area contributed by atoms with Gasteiger partial charge < -0.3 is 0 Å². The second-order valence-electron chi connectivity index (χ2n) is 4.40. The lowest BCUT2D eigenvalue weighted by molar-refractivity contribution is 0.275. The highest BCUT2D eigenvalue weighted by molar-refractivity contribution is 6.16. The number of hydrogen-bond acceptors (Lipinski definition) is 0. The average Bonchev–Trinajstić information content (AvgIpc) is 2.10. The molecule has 0 heterocycles. The lowest BCUT2D eigenvalue weighted by Crippen LogP contribution is -2.16. The first kappa shape index (κ1) is 7.11. The van der Waals surface area contributed by atoms with Crippen LogP contribution >= 0.6 is 0 Å². The van der Waals surface area contributed by atoms with Crippen molar-refractivity contribution in [2.45, 2.75) is 32.8 Å². The van der Waals surface area contributed by atoms with Crippen LogP contribution in [0.4, 0.5) is 4.39 Å². The molecule has 0 nitrogen and oxygen atoms in total. The summed E-state index contributed by atoms with van der Waals surface area (Å²) in [7, 11) is 1.70. The quantitative estimate of drug-likeness (QED) is 0.432. The number of rotatable bonds is 0. The molecule has 0 bridgehead atoms. The summed E-state index contributed by atoms with van der Waals surface area (Å²) in [6.07, 6.45) is 0.760. The fraction of sp³-hybridized carbons (Fsp3) is 1.00. The monoisotopic (exact) mass is 128 g/mol. The van der Waals surface area contributed by atoms with Gasteiger partial charge in [0.1, 0.15) is 0 Å². The molecule has 1 fully saturated rings. The Kier molecular flexibility index (Phi) is 1.21. The fourth-order valence-electron chi connectivity index (χ4n) is 1.55. The normalized spacial score (nSPS) is 42.9. The smallest absolute Gasteiger partial charge is 0.150 e. The second-order valence-corrected chi connectivity index (χ2v) is 4.40. The van der Waals surface area contributed by atoms with E-state index in [1.54, 1.807) is 7.85 Å². The molecule has 1 saturated carbocycles. The van der Waals surface area contributed by atoms with E-state index in [4.69, 9.17) is 0 Å². The lowest BCUT2D eigenvalue weighted by Gasteiger charge is -2.18. The molecule has 2 unspecified atom stereocenters. The molecule has 0 aromatic rings. The van der Waals surface area contributed by atoms with E-state index in [2.05, 4.69) is 20.8 Å². The third-order valence-corrected chi connectivity index (χ3v) is 2.22. The summed E-state index contributed by atoms with van der Waals surface area (Å²) < 4.78 is 13.0. The van der Waals surface area contributed by atoms with Crippen molar-refractivity contribution in [3.05, 3.63) is 0 Å². The van der Waals surface area contributed by atoms with Gasteiger partial charge in [-0.25, -0.2) is 0 Å². The number of alkyl halides is 1. The van der Waals surface area contributed by atoms with Crippen LogP contribution in [0.25, 0.3) is 0 Å². The Bertz CT molecular complexity index is 123. The fourth-order valence-corrected chi connectivity index (χ4v) is 1.55. The zero-order chi connectivity index (χ0) is 7.28. The summed E-state index contributed by atoms with van der Waals surface area (Å²) in [6, 6.07) is 0. The van der Waals surface area contributed by atoms with Gasteiger partial charge in [-0.05, 0) is 17.8 Å². The number of halogens is 1. The van der Waals surface area contributed by atoms with Crippen LogP contribution in [0.15, 0.2) is 0 Å². The molecular formula is C7H14BF. The maximum atomic E-state index is 13.0. The zero-order valence-corrected chi connectivity index (χ0v) is 6.66. The molecule has 1 aliphatic rings. The van der Waals surface area contributed by atoms with Crippen LogP contribution in [0.3, 0.4) is 0 Å². The molecular weight excluding hydrogens is 114 g/mol. The van der Waals surface area contributed by atoms with Crippen LogP contribution in [-0.4, -0.2) is 13.4 Å². The lowest BCUT2D eigenvalue weighted by atomic mass is 9.83. The Hall–Kier alpha value is -0.00506.